The number of fused-ring (bicyclic) bond motifs is 3. The summed E-state index contributed by atoms with van der Waals surface area (Å²) in [5.74, 6) is 3.66. The molecule has 1 aromatic heterocycles. The molecular weight excluding hydrogens is 340 g/mol. The van der Waals surface area contributed by atoms with E-state index in [4.69, 9.17) is 9.47 Å². The average molecular weight is 368 g/mol. The molecule has 1 amide bonds. The lowest BCUT2D eigenvalue weighted by Crippen LogP contribution is -2.42. The van der Waals surface area contributed by atoms with Gasteiger partial charge in [0.05, 0.1) is 12.6 Å². The van der Waals surface area contributed by atoms with Crippen molar-refractivity contribution in [3.8, 4) is 11.5 Å². The third kappa shape index (κ3) is 3.73. The van der Waals surface area contributed by atoms with Crippen LogP contribution in [0.2, 0.25) is 0 Å². The predicted molar refractivity (Wildman–Crippen MR) is 105 cm³/mol. The Morgan fingerprint density at radius 2 is 2.15 bits per heavy atom. The van der Waals surface area contributed by atoms with Crippen LogP contribution in [0.4, 0.5) is 0 Å². The van der Waals surface area contributed by atoms with Crippen LogP contribution in [0, 0.1) is 24.7 Å². The molecule has 2 aliphatic rings. The molecule has 2 saturated carbocycles. The summed E-state index contributed by atoms with van der Waals surface area (Å²) in [6.07, 6.45) is 5.32. The molecule has 4 unspecified atom stereocenters. The van der Waals surface area contributed by atoms with Crippen molar-refractivity contribution in [3.05, 3.63) is 30.0 Å². The first-order chi connectivity index (χ1) is 13.0. The van der Waals surface area contributed by atoms with Crippen molar-refractivity contribution < 1.29 is 14.3 Å². The minimum absolute atomic E-state index is 0.0148. The van der Waals surface area contributed by atoms with Gasteiger partial charge >= 0.3 is 0 Å². The van der Waals surface area contributed by atoms with Crippen LogP contribution >= 0.6 is 0 Å². The Labute approximate surface area is 160 Å². The maximum Gasteiger partial charge on any atom is 0.258 e. The number of rotatable bonds is 6. The smallest absolute Gasteiger partial charge is 0.258 e. The summed E-state index contributed by atoms with van der Waals surface area (Å²) in [5.41, 5.74) is 1.69. The number of hydrogen-bond donors (Lipinski definition) is 1. The lowest BCUT2D eigenvalue weighted by atomic mass is 9.84. The molecule has 0 aliphatic heterocycles. The van der Waals surface area contributed by atoms with Gasteiger partial charge in [-0.2, -0.15) is 0 Å². The van der Waals surface area contributed by atoms with Crippen molar-refractivity contribution in [2.75, 3.05) is 13.7 Å². The summed E-state index contributed by atoms with van der Waals surface area (Å²) in [4.78, 5) is 17.0. The highest BCUT2D eigenvalue weighted by atomic mass is 16.5. The number of carbonyl (C=O) groups excluding carboxylic acids is 1. The lowest BCUT2D eigenvalue weighted by Gasteiger charge is -2.28. The van der Waals surface area contributed by atoms with Crippen molar-refractivity contribution in [1.29, 1.82) is 0 Å². The van der Waals surface area contributed by atoms with Crippen LogP contribution in [0.15, 0.2) is 24.3 Å². The zero-order chi connectivity index (χ0) is 19.0. The van der Waals surface area contributed by atoms with Crippen LogP contribution < -0.4 is 14.8 Å². The van der Waals surface area contributed by atoms with Gasteiger partial charge in [0.25, 0.3) is 5.91 Å². The highest BCUT2D eigenvalue weighted by Crippen LogP contribution is 2.49. The van der Waals surface area contributed by atoms with Gasteiger partial charge in [-0.3, -0.25) is 9.78 Å². The lowest BCUT2D eigenvalue weighted by molar-refractivity contribution is -0.124. The van der Waals surface area contributed by atoms with E-state index in [0.717, 1.165) is 34.2 Å². The van der Waals surface area contributed by atoms with Gasteiger partial charge in [-0.25, -0.2) is 0 Å². The summed E-state index contributed by atoms with van der Waals surface area (Å²) >= 11 is 0. The Bertz CT molecular complexity index is 851. The van der Waals surface area contributed by atoms with Crippen LogP contribution in [-0.2, 0) is 4.79 Å². The minimum Gasteiger partial charge on any atom is -0.497 e. The number of methoxy groups -OCH3 is 1. The van der Waals surface area contributed by atoms with Gasteiger partial charge < -0.3 is 14.8 Å². The number of amides is 1. The van der Waals surface area contributed by atoms with Gasteiger partial charge in [0, 0.05) is 23.2 Å². The summed E-state index contributed by atoms with van der Waals surface area (Å²) in [6.45, 7) is 4.08. The SMILES string of the molecule is COc1ccc2nc(C)cc(OCC(=O)NC(C)C3CC4CCC3C4)c2c1. The van der Waals surface area contributed by atoms with Crippen LogP contribution in [-0.4, -0.2) is 30.6 Å². The number of ether oxygens (including phenoxy) is 2. The molecule has 1 heterocycles. The maximum atomic E-state index is 12.5. The van der Waals surface area contributed by atoms with Crippen molar-refractivity contribution in [2.45, 2.75) is 45.6 Å². The monoisotopic (exact) mass is 368 g/mol. The predicted octanol–water partition coefficient (Wildman–Crippen LogP) is 3.87. The van der Waals surface area contributed by atoms with Gasteiger partial charge in [-0.05, 0) is 69.1 Å². The Hall–Kier alpha value is -2.30. The highest BCUT2D eigenvalue weighted by molar-refractivity contribution is 5.87. The number of nitrogens with zero attached hydrogens (tertiary/aromatic N) is 1. The second-order valence-electron chi connectivity index (χ2n) is 8.13. The third-order valence-corrected chi connectivity index (χ3v) is 6.29. The molecule has 0 spiro atoms. The van der Waals surface area contributed by atoms with E-state index >= 15 is 0 Å². The van der Waals surface area contributed by atoms with Crippen LogP contribution in [0.1, 0.15) is 38.3 Å². The van der Waals surface area contributed by atoms with E-state index in [1.807, 2.05) is 31.2 Å². The van der Waals surface area contributed by atoms with Crippen molar-refractivity contribution >= 4 is 16.8 Å². The van der Waals surface area contributed by atoms with Gasteiger partial charge in [0.1, 0.15) is 11.5 Å². The number of pyridine rings is 1. The Kier molecular flexibility index (Phi) is 4.94. The number of carbonyl (C=O) groups is 1. The second-order valence-corrected chi connectivity index (χ2v) is 8.13. The topological polar surface area (TPSA) is 60.5 Å². The highest BCUT2D eigenvalue weighted by Gasteiger charge is 2.42. The molecule has 1 N–H and O–H groups in total. The molecule has 144 valence electrons. The summed E-state index contributed by atoms with van der Waals surface area (Å²) in [5, 5.41) is 4.01. The zero-order valence-corrected chi connectivity index (χ0v) is 16.3. The summed E-state index contributed by atoms with van der Waals surface area (Å²) in [6, 6.07) is 7.77. The summed E-state index contributed by atoms with van der Waals surface area (Å²) in [7, 11) is 1.63. The fourth-order valence-corrected chi connectivity index (χ4v) is 5.00. The van der Waals surface area contributed by atoms with E-state index in [1.165, 1.54) is 25.7 Å². The Morgan fingerprint density at radius 3 is 2.85 bits per heavy atom. The van der Waals surface area contributed by atoms with Crippen molar-refractivity contribution in [1.82, 2.24) is 10.3 Å². The molecule has 0 saturated heterocycles. The van der Waals surface area contributed by atoms with E-state index in [1.54, 1.807) is 7.11 Å². The van der Waals surface area contributed by atoms with E-state index in [2.05, 4.69) is 17.2 Å². The molecule has 2 aliphatic carbocycles. The Balaban J connectivity index is 1.41. The fourth-order valence-electron chi connectivity index (χ4n) is 5.00. The standard InChI is InChI=1S/C22H28N2O3/c1-13-8-21(19-11-17(26-3)6-7-20(19)23-13)27-12-22(25)24-14(2)18-10-15-4-5-16(18)9-15/h6-8,11,14-16,18H,4-5,9-10,12H2,1-3H3,(H,24,25). The molecule has 2 fully saturated rings. The van der Waals surface area contributed by atoms with Crippen LogP contribution in [0.5, 0.6) is 11.5 Å². The third-order valence-electron chi connectivity index (χ3n) is 6.29. The zero-order valence-electron chi connectivity index (χ0n) is 16.3. The fraction of sp³-hybridized carbons (Fsp3) is 0.545. The number of aromatic nitrogens is 1. The van der Waals surface area contributed by atoms with Gasteiger partial charge in [0.2, 0.25) is 0 Å². The number of aryl methyl sites for hydroxylation is 1. The first-order valence-corrected chi connectivity index (χ1v) is 9.91. The van der Waals surface area contributed by atoms with E-state index in [0.29, 0.717) is 11.7 Å². The molecule has 27 heavy (non-hydrogen) atoms. The van der Waals surface area contributed by atoms with E-state index < -0.39 is 0 Å². The van der Waals surface area contributed by atoms with Gasteiger partial charge in [-0.15, -0.1) is 0 Å². The maximum absolute atomic E-state index is 12.5. The first kappa shape index (κ1) is 18.1. The number of nitrogens with one attached hydrogen (secondary N) is 1. The number of hydrogen-bond acceptors (Lipinski definition) is 4. The molecule has 2 aromatic rings. The number of benzene rings is 1. The van der Waals surface area contributed by atoms with E-state index in [-0.39, 0.29) is 18.6 Å². The molecule has 4 atom stereocenters. The molecular formula is C22H28N2O3. The molecule has 5 heteroatoms. The molecule has 1 aromatic carbocycles. The van der Waals surface area contributed by atoms with E-state index in [9.17, 15) is 4.79 Å². The first-order valence-electron chi connectivity index (χ1n) is 9.91. The normalized spacial score (nSPS) is 24.8. The van der Waals surface area contributed by atoms with Gasteiger partial charge in [-0.1, -0.05) is 6.42 Å². The molecule has 2 bridgehead atoms. The summed E-state index contributed by atoms with van der Waals surface area (Å²) < 4.78 is 11.2. The van der Waals surface area contributed by atoms with Crippen molar-refractivity contribution in [2.24, 2.45) is 17.8 Å². The largest absolute Gasteiger partial charge is 0.497 e. The molecule has 4 rings (SSSR count). The van der Waals surface area contributed by atoms with Crippen molar-refractivity contribution in [3.63, 3.8) is 0 Å². The minimum atomic E-state index is -0.0595. The quantitative estimate of drug-likeness (QED) is 0.841. The average Bonchev–Trinajstić information content (AvgIpc) is 3.29. The molecule has 5 nitrogen and oxygen atoms in total. The van der Waals surface area contributed by atoms with Crippen LogP contribution in [0.25, 0.3) is 10.9 Å². The van der Waals surface area contributed by atoms with Gasteiger partial charge in [0.15, 0.2) is 6.61 Å². The Morgan fingerprint density at radius 1 is 1.30 bits per heavy atom. The molecule has 0 radical (unpaired) electrons. The van der Waals surface area contributed by atoms with Crippen LogP contribution in [0.3, 0.4) is 0 Å². The second kappa shape index (κ2) is 7.37.